The molecule has 6 nitrogen and oxygen atoms in total. The summed E-state index contributed by atoms with van der Waals surface area (Å²) >= 11 is 0. The number of halogens is 1. The fourth-order valence-corrected chi connectivity index (χ4v) is 2.39. The maximum atomic E-state index is 14.3. The summed E-state index contributed by atoms with van der Waals surface area (Å²) in [6, 6.07) is 7.57. The Morgan fingerprint density at radius 3 is 2.63 bits per heavy atom. The number of aromatic nitrogens is 3. The van der Waals surface area contributed by atoms with Gasteiger partial charge in [0.05, 0.1) is 29.6 Å². The topological polar surface area (TPSA) is 91.0 Å². The number of pyridine rings is 1. The van der Waals surface area contributed by atoms with E-state index in [9.17, 15) is 9.18 Å². The van der Waals surface area contributed by atoms with Crippen LogP contribution < -0.4 is 5.73 Å². The molecule has 0 bridgehead atoms. The molecule has 0 aliphatic carbocycles. The number of methoxy groups -OCH3 is 1. The second-order valence-corrected chi connectivity index (χ2v) is 5.59. The number of hydrogen-bond acceptors (Lipinski definition) is 6. The zero-order valence-corrected chi connectivity index (χ0v) is 14.7. The first-order valence-corrected chi connectivity index (χ1v) is 7.93. The molecule has 1 aromatic carbocycles. The van der Waals surface area contributed by atoms with Gasteiger partial charge in [-0.15, -0.1) is 0 Å². The minimum Gasteiger partial charge on any atom is -0.465 e. The predicted molar refractivity (Wildman–Crippen MR) is 98.1 cm³/mol. The van der Waals surface area contributed by atoms with Crippen LogP contribution in [0.25, 0.3) is 11.3 Å². The van der Waals surface area contributed by atoms with Gasteiger partial charge in [0.15, 0.2) is 0 Å². The van der Waals surface area contributed by atoms with Crippen molar-refractivity contribution in [1.29, 1.82) is 0 Å². The molecular formula is C20H15FN4O2. The molecule has 2 heterocycles. The SMILES string of the molecule is COC(=O)c1ccc(-c2ncnc(C)c2C#Cc2ccc(N)nc2)cc1F. The first kappa shape index (κ1) is 18.0. The minimum atomic E-state index is -0.742. The maximum absolute atomic E-state index is 14.3. The smallest absolute Gasteiger partial charge is 0.340 e. The molecule has 2 aromatic heterocycles. The Hall–Kier alpha value is -3.79. The number of carbonyl (C=O) groups is 1. The van der Waals surface area contributed by atoms with E-state index >= 15 is 0 Å². The summed E-state index contributed by atoms with van der Waals surface area (Å²) in [5.74, 6) is 4.96. The van der Waals surface area contributed by atoms with Crippen molar-refractivity contribution in [1.82, 2.24) is 15.0 Å². The van der Waals surface area contributed by atoms with Crippen molar-refractivity contribution in [3.05, 3.63) is 71.1 Å². The van der Waals surface area contributed by atoms with Gasteiger partial charge in [-0.25, -0.2) is 24.1 Å². The van der Waals surface area contributed by atoms with Gasteiger partial charge in [-0.3, -0.25) is 0 Å². The van der Waals surface area contributed by atoms with Gasteiger partial charge in [0.25, 0.3) is 0 Å². The summed E-state index contributed by atoms with van der Waals surface area (Å²) in [5.41, 5.74) is 8.24. The van der Waals surface area contributed by atoms with Crippen LogP contribution in [0.15, 0.2) is 42.9 Å². The van der Waals surface area contributed by atoms with Gasteiger partial charge in [-0.05, 0) is 31.2 Å². The summed E-state index contributed by atoms with van der Waals surface area (Å²) in [7, 11) is 1.20. The molecule has 0 unspecified atom stereocenters. The van der Waals surface area contributed by atoms with Crippen LogP contribution in [0, 0.1) is 24.6 Å². The predicted octanol–water partition coefficient (Wildman–Crippen LogP) is 2.75. The fraction of sp³-hybridized carbons (Fsp3) is 0.100. The lowest BCUT2D eigenvalue weighted by Crippen LogP contribution is -2.05. The summed E-state index contributed by atoms with van der Waals surface area (Å²) in [6.45, 7) is 1.79. The monoisotopic (exact) mass is 362 g/mol. The van der Waals surface area contributed by atoms with Crippen molar-refractivity contribution < 1.29 is 13.9 Å². The van der Waals surface area contributed by atoms with Crippen LogP contribution >= 0.6 is 0 Å². The Morgan fingerprint density at radius 2 is 1.96 bits per heavy atom. The van der Waals surface area contributed by atoms with E-state index in [1.54, 1.807) is 31.3 Å². The lowest BCUT2D eigenvalue weighted by molar-refractivity contribution is 0.0595. The Morgan fingerprint density at radius 1 is 1.15 bits per heavy atom. The average Bonchev–Trinajstić information content (AvgIpc) is 2.67. The third kappa shape index (κ3) is 3.90. The van der Waals surface area contributed by atoms with Crippen LogP contribution in [-0.4, -0.2) is 28.0 Å². The molecule has 0 atom stereocenters. The first-order valence-electron chi connectivity index (χ1n) is 7.93. The number of ether oxygens (including phenoxy) is 1. The number of nitrogens with two attached hydrogens (primary N) is 1. The average molecular weight is 362 g/mol. The normalized spacial score (nSPS) is 10.0. The third-order valence-electron chi connectivity index (χ3n) is 3.80. The summed E-state index contributed by atoms with van der Waals surface area (Å²) in [5, 5.41) is 0. The molecule has 0 aliphatic heterocycles. The zero-order valence-electron chi connectivity index (χ0n) is 14.7. The molecule has 134 valence electrons. The Bertz CT molecular complexity index is 1070. The number of carbonyl (C=O) groups excluding carboxylic acids is 1. The molecule has 0 saturated carbocycles. The Labute approximate surface area is 155 Å². The third-order valence-corrected chi connectivity index (χ3v) is 3.80. The number of nitrogens with zero attached hydrogens (tertiary/aromatic N) is 3. The van der Waals surface area contributed by atoms with Gasteiger partial charge < -0.3 is 10.5 Å². The Balaban J connectivity index is 2.05. The van der Waals surface area contributed by atoms with E-state index in [4.69, 9.17) is 5.73 Å². The van der Waals surface area contributed by atoms with Crippen LogP contribution in [0.3, 0.4) is 0 Å². The van der Waals surface area contributed by atoms with Crippen LogP contribution in [-0.2, 0) is 4.74 Å². The van der Waals surface area contributed by atoms with Crippen LogP contribution in [0.1, 0.15) is 27.2 Å². The number of rotatable bonds is 2. The fourth-order valence-electron chi connectivity index (χ4n) is 2.39. The highest BCUT2D eigenvalue weighted by molar-refractivity contribution is 5.90. The van der Waals surface area contributed by atoms with Crippen LogP contribution in [0.4, 0.5) is 10.2 Å². The molecular weight excluding hydrogens is 347 g/mol. The van der Waals surface area contributed by atoms with Crippen molar-refractivity contribution >= 4 is 11.8 Å². The van der Waals surface area contributed by atoms with Gasteiger partial charge in [-0.1, -0.05) is 17.9 Å². The molecule has 0 fully saturated rings. The molecule has 27 heavy (non-hydrogen) atoms. The van der Waals surface area contributed by atoms with Crippen molar-refractivity contribution in [2.75, 3.05) is 12.8 Å². The molecule has 0 radical (unpaired) electrons. The minimum absolute atomic E-state index is 0.146. The maximum Gasteiger partial charge on any atom is 0.340 e. The summed E-state index contributed by atoms with van der Waals surface area (Å²) in [4.78, 5) is 23.9. The van der Waals surface area contributed by atoms with Crippen molar-refractivity contribution in [3.63, 3.8) is 0 Å². The quantitative estimate of drug-likeness (QED) is 0.557. The molecule has 3 rings (SSSR count). The van der Waals surface area contributed by atoms with Crippen molar-refractivity contribution in [2.24, 2.45) is 0 Å². The number of anilines is 1. The largest absolute Gasteiger partial charge is 0.465 e. The standard InChI is InChI=1S/C20H15FN4O2/c1-12-15(6-3-13-4-8-18(22)23-10-13)19(25-11-24-12)14-5-7-16(17(21)9-14)20(26)27-2/h4-5,7-11H,1-2H3,(H2,22,23). The second kappa shape index (κ2) is 7.62. The van der Waals surface area contributed by atoms with E-state index in [0.717, 1.165) is 0 Å². The number of aryl methyl sites for hydroxylation is 1. The van der Waals surface area contributed by atoms with Crippen LogP contribution in [0.2, 0.25) is 0 Å². The van der Waals surface area contributed by atoms with Gasteiger partial charge in [-0.2, -0.15) is 0 Å². The van der Waals surface area contributed by atoms with Crippen molar-refractivity contribution in [2.45, 2.75) is 6.92 Å². The van der Waals surface area contributed by atoms with E-state index in [1.807, 2.05) is 0 Å². The number of nitrogen functional groups attached to an aromatic ring is 1. The highest BCUT2D eigenvalue weighted by Crippen LogP contribution is 2.24. The molecule has 0 amide bonds. The van der Waals surface area contributed by atoms with Gasteiger partial charge in [0.1, 0.15) is 18.0 Å². The second-order valence-electron chi connectivity index (χ2n) is 5.59. The summed E-state index contributed by atoms with van der Waals surface area (Å²) < 4.78 is 18.9. The summed E-state index contributed by atoms with van der Waals surface area (Å²) in [6.07, 6.45) is 2.94. The number of benzene rings is 1. The van der Waals surface area contributed by atoms with Gasteiger partial charge in [0.2, 0.25) is 0 Å². The Kier molecular flexibility index (Phi) is 5.08. The van der Waals surface area contributed by atoms with E-state index in [1.165, 1.54) is 25.6 Å². The van der Waals surface area contributed by atoms with E-state index in [2.05, 4.69) is 31.5 Å². The highest BCUT2D eigenvalue weighted by atomic mass is 19.1. The lowest BCUT2D eigenvalue weighted by atomic mass is 10.0. The number of esters is 1. The van der Waals surface area contributed by atoms with Crippen molar-refractivity contribution in [3.8, 4) is 23.1 Å². The molecule has 3 aromatic rings. The molecule has 7 heteroatoms. The van der Waals surface area contributed by atoms with E-state index in [0.29, 0.717) is 33.9 Å². The first-order chi connectivity index (χ1) is 13.0. The molecule has 2 N–H and O–H groups in total. The zero-order chi connectivity index (χ0) is 19.4. The molecule has 0 spiro atoms. The lowest BCUT2D eigenvalue weighted by Gasteiger charge is -2.08. The number of hydrogen-bond donors (Lipinski definition) is 1. The van der Waals surface area contributed by atoms with Crippen LogP contribution in [0.5, 0.6) is 0 Å². The van der Waals surface area contributed by atoms with Gasteiger partial charge >= 0.3 is 5.97 Å². The molecule has 0 saturated heterocycles. The van der Waals surface area contributed by atoms with E-state index < -0.39 is 11.8 Å². The molecule has 0 aliphatic rings. The van der Waals surface area contributed by atoms with E-state index in [-0.39, 0.29) is 5.56 Å². The highest BCUT2D eigenvalue weighted by Gasteiger charge is 2.15. The van der Waals surface area contributed by atoms with Gasteiger partial charge in [0, 0.05) is 17.3 Å².